The number of aromatic nitrogens is 3. The highest BCUT2D eigenvalue weighted by atomic mass is 32.1. The van der Waals surface area contributed by atoms with Crippen molar-refractivity contribution in [1.29, 1.82) is 0 Å². The standard InChI is InChI=1S/C33H34F3N5O2S/c1-5-21-8-7-9-22(6-2)29(21)41-28(16-20(3)4)24(31(42)40-14-12-37-13-15-40)17-25(32(41)43)30-39-27(19-44-30)26-11-10-23(18-38-26)33(34,35)36/h7-11,16-19,37H,5-6,12-15H2,1-4H3. The summed E-state index contributed by atoms with van der Waals surface area (Å²) in [5.74, 6) is -0.179. The minimum Gasteiger partial charge on any atom is -0.336 e. The molecular formula is C33H34F3N5O2S. The Morgan fingerprint density at radius 3 is 2.30 bits per heavy atom. The molecule has 11 heteroatoms. The number of pyridine rings is 2. The lowest BCUT2D eigenvalue weighted by molar-refractivity contribution is -0.137. The Morgan fingerprint density at radius 2 is 1.73 bits per heavy atom. The molecule has 0 aliphatic carbocycles. The summed E-state index contributed by atoms with van der Waals surface area (Å²) < 4.78 is 41.0. The van der Waals surface area contributed by atoms with E-state index >= 15 is 0 Å². The van der Waals surface area contributed by atoms with Crippen LogP contribution in [-0.2, 0) is 19.0 Å². The smallest absolute Gasteiger partial charge is 0.336 e. The summed E-state index contributed by atoms with van der Waals surface area (Å²) in [4.78, 5) is 39.2. The van der Waals surface area contributed by atoms with E-state index in [9.17, 15) is 22.8 Å². The van der Waals surface area contributed by atoms with Gasteiger partial charge in [-0.2, -0.15) is 13.2 Å². The van der Waals surface area contributed by atoms with E-state index < -0.39 is 11.7 Å². The number of para-hydroxylation sites is 1. The van der Waals surface area contributed by atoms with Crippen molar-refractivity contribution >= 4 is 23.3 Å². The van der Waals surface area contributed by atoms with Crippen molar-refractivity contribution < 1.29 is 18.0 Å². The number of hydrogen-bond donors (Lipinski definition) is 1. The molecule has 1 N–H and O–H groups in total. The number of nitrogens with zero attached hydrogens (tertiary/aromatic N) is 4. The van der Waals surface area contributed by atoms with Crippen LogP contribution >= 0.6 is 11.3 Å². The van der Waals surface area contributed by atoms with E-state index in [2.05, 4.69) is 15.3 Å². The SMILES string of the molecule is CCc1cccc(CC)c1-n1c(C=C(C)C)c(C(=O)N2CCNCC2)cc(-c2nc(-c3ccc(C(F)(F)F)cn3)cs2)c1=O. The predicted molar refractivity (Wildman–Crippen MR) is 168 cm³/mol. The van der Waals surface area contributed by atoms with E-state index in [1.54, 1.807) is 20.9 Å². The van der Waals surface area contributed by atoms with Crippen LogP contribution in [0.25, 0.3) is 33.7 Å². The molecule has 1 saturated heterocycles. The molecule has 1 aliphatic rings. The summed E-state index contributed by atoms with van der Waals surface area (Å²) >= 11 is 1.18. The molecule has 1 fully saturated rings. The van der Waals surface area contributed by atoms with Crippen molar-refractivity contribution in [1.82, 2.24) is 24.8 Å². The number of halogens is 3. The maximum atomic E-state index is 14.6. The molecule has 0 saturated carbocycles. The number of allylic oxidation sites excluding steroid dienone is 1. The molecule has 7 nitrogen and oxygen atoms in total. The van der Waals surface area contributed by atoms with Gasteiger partial charge in [0.15, 0.2) is 0 Å². The molecule has 0 spiro atoms. The number of benzene rings is 1. The average Bonchev–Trinajstić information content (AvgIpc) is 3.51. The molecule has 1 aromatic carbocycles. The number of aryl methyl sites for hydroxylation is 2. The lowest BCUT2D eigenvalue weighted by Gasteiger charge is -2.29. The second-order valence-electron chi connectivity index (χ2n) is 10.9. The number of piperazine rings is 1. The molecule has 4 heterocycles. The number of hydrogen-bond acceptors (Lipinski definition) is 6. The zero-order valence-electron chi connectivity index (χ0n) is 25.1. The van der Waals surface area contributed by atoms with Gasteiger partial charge in [0.25, 0.3) is 11.5 Å². The highest BCUT2D eigenvalue weighted by molar-refractivity contribution is 7.13. The Morgan fingerprint density at radius 1 is 1.05 bits per heavy atom. The van der Waals surface area contributed by atoms with E-state index in [1.807, 2.05) is 52.0 Å². The van der Waals surface area contributed by atoms with Gasteiger partial charge in [-0.15, -0.1) is 11.3 Å². The lowest BCUT2D eigenvalue weighted by atomic mass is 9.99. The van der Waals surface area contributed by atoms with E-state index in [4.69, 9.17) is 0 Å². The maximum Gasteiger partial charge on any atom is 0.417 e. The zero-order valence-corrected chi connectivity index (χ0v) is 25.9. The van der Waals surface area contributed by atoms with Crippen LogP contribution < -0.4 is 10.9 Å². The number of carbonyl (C=O) groups excluding carboxylic acids is 1. The number of alkyl halides is 3. The van der Waals surface area contributed by atoms with Gasteiger partial charge in [0.1, 0.15) is 10.7 Å². The van der Waals surface area contributed by atoms with Gasteiger partial charge >= 0.3 is 6.18 Å². The van der Waals surface area contributed by atoms with Crippen LogP contribution in [0.2, 0.25) is 0 Å². The van der Waals surface area contributed by atoms with Crippen LogP contribution in [0.5, 0.6) is 0 Å². The quantitative estimate of drug-likeness (QED) is 0.251. The second kappa shape index (κ2) is 12.9. The maximum absolute atomic E-state index is 14.6. The van der Waals surface area contributed by atoms with E-state index in [0.29, 0.717) is 61.0 Å². The van der Waals surface area contributed by atoms with Gasteiger partial charge in [-0.05, 0) is 62.1 Å². The predicted octanol–water partition coefficient (Wildman–Crippen LogP) is 6.64. The van der Waals surface area contributed by atoms with Crippen LogP contribution in [0.3, 0.4) is 0 Å². The second-order valence-corrected chi connectivity index (χ2v) is 11.7. The molecule has 0 radical (unpaired) electrons. The van der Waals surface area contributed by atoms with Crippen LogP contribution in [0, 0.1) is 0 Å². The van der Waals surface area contributed by atoms with Gasteiger partial charge in [0.2, 0.25) is 0 Å². The molecule has 3 aromatic heterocycles. The van der Waals surface area contributed by atoms with Crippen molar-refractivity contribution in [3.05, 3.63) is 91.8 Å². The van der Waals surface area contributed by atoms with Gasteiger partial charge in [-0.25, -0.2) is 4.98 Å². The highest BCUT2D eigenvalue weighted by Gasteiger charge is 2.31. The minimum absolute atomic E-state index is 0.179. The topological polar surface area (TPSA) is 80.1 Å². The number of carbonyl (C=O) groups is 1. The van der Waals surface area contributed by atoms with Crippen molar-refractivity contribution in [2.24, 2.45) is 0 Å². The number of nitrogens with one attached hydrogen (secondary N) is 1. The van der Waals surface area contributed by atoms with Crippen LogP contribution in [0.4, 0.5) is 13.2 Å². The van der Waals surface area contributed by atoms with Crippen LogP contribution in [0.15, 0.2) is 58.3 Å². The van der Waals surface area contributed by atoms with Crippen LogP contribution in [-0.4, -0.2) is 51.5 Å². The van der Waals surface area contributed by atoms with Crippen LogP contribution in [0.1, 0.15) is 60.4 Å². The largest absolute Gasteiger partial charge is 0.417 e. The summed E-state index contributed by atoms with van der Waals surface area (Å²) in [5.41, 5.74) is 4.19. The molecule has 1 aliphatic heterocycles. The first-order valence-corrected chi connectivity index (χ1v) is 15.5. The fourth-order valence-corrected chi connectivity index (χ4v) is 6.18. The summed E-state index contributed by atoms with van der Waals surface area (Å²) in [6, 6.07) is 9.82. The molecule has 5 rings (SSSR count). The van der Waals surface area contributed by atoms with Gasteiger partial charge in [-0.3, -0.25) is 19.1 Å². The summed E-state index contributed by atoms with van der Waals surface area (Å²) in [5, 5.41) is 5.29. The van der Waals surface area contributed by atoms with Gasteiger partial charge in [0, 0.05) is 37.8 Å². The molecule has 0 bridgehead atoms. The average molecular weight is 622 g/mol. The molecule has 0 unspecified atom stereocenters. The fraction of sp³-hybridized carbons (Fsp3) is 0.333. The van der Waals surface area contributed by atoms with Crippen molar-refractivity contribution in [2.75, 3.05) is 26.2 Å². The third-order valence-electron chi connectivity index (χ3n) is 7.58. The first-order chi connectivity index (χ1) is 21.0. The fourth-order valence-electron chi connectivity index (χ4n) is 5.36. The number of rotatable bonds is 7. The Bertz CT molecular complexity index is 1740. The monoisotopic (exact) mass is 621 g/mol. The van der Waals surface area contributed by atoms with E-state index in [1.165, 1.54) is 17.4 Å². The highest BCUT2D eigenvalue weighted by Crippen LogP contribution is 2.33. The first-order valence-electron chi connectivity index (χ1n) is 14.6. The zero-order chi connectivity index (χ0) is 31.6. The van der Waals surface area contributed by atoms with Gasteiger partial charge in [-0.1, -0.05) is 37.6 Å². The molecule has 4 aromatic rings. The van der Waals surface area contributed by atoms with Crippen molar-refractivity contribution in [3.8, 4) is 27.6 Å². The lowest BCUT2D eigenvalue weighted by Crippen LogP contribution is -2.47. The van der Waals surface area contributed by atoms with E-state index in [0.717, 1.165) is 34.7 Å². The molecular weight excluding hydrogens is 587 g/mol. The third-order valence-corrected chi connectivity index (χ3v) is 8.45. The first kappa shape index (κ1) is 31.3. The Hall–Kier alpha value is -4.09. The molecule has 0 atom stereocenters. The number of amides is 1. The minimum atomic E-state index is -4.50. The summed E-state index contributed by atoms with van der Waals surface area (Å²) in [6.45, 7) is 10.3. The van der Waals surface area contributed by atoms with E-state index in [-0.39, 0.29) is 22.7 Å². The van der Waals surface area contributed by atoms with Gasteiger partial charge < -0.3 is 10.2 Å². The number of thiazole rings is 1. The van der Waals surface area contributed by atoms with Crippen molar-refractivity contribution in [2.45, 2.75) is 46.7 Å². The Labute approximate surface area is 258 Å². The molecule has 230 valence electrons. The Balaban J connectivity index is 1.77. The normalized spacial score (nSPS) is 13.7. The molecule has 44 heavy (non-hydrogen) atoms. The molecule has 1 amide bonds. The summed E-state index contributed by atoms with van der Waals surface area (Å²) in [6.07, 6.45) is -0.498. The van der Waals surface area contributed by atoms with Crippen molar-refractivity contribution in [3.63, 3.8) is 0 Å². The third kappa shape index (κ3) is 6.25. The Kier molecular flexibility index (Phi) is 9.17. The van der Waals surface area contributed by atoms with Gasteiger partial charge in [0.05, 0.1) is 33.8 Å². The summed E-state index contributed by atoms with van der Waals surface area (Å²) in [7, 11) is 0.